The first kappa shape index (κ1) is 19.0. The monoisotopic (exact) mass is 388 g/mol. The van der Waals surface area contributed by atoms with Crippen LogP contribution in [0.1, 0.15) is 24.0 Å². The first-order valence-electron chi connectivity index (χ1n) is 9.64. The highest BCUT2D eigenvalue weighted by Gasteiger charge is 2.51. The van der Waals surface area contributed by atoms with Crippen LogP contribution in [0.2, 0.25) is 0 Å². The Bertz CT molecular complexity index is 1040. The first-order chi connectivity index (χ1) is 14.1. The molecule has 0 bridgehead atoms. The fraction of sp³-hybridized carbons (Fsp3) is 0.250. The minimum Gasteiger partial charge on any atom is -0.497 e. The van der Waals surface area contributed by atoms with E-state index in [2.05, 4.69) is 5.32 Å². The molecule has 2 aromatic carbocycles. The second kappa shape index (κ2) is 7.59. The lowest BCUT2D eigenvalue weighted by atomic mass is 9.95. The molecule has 1 aliphatic carbocycles. The minimum absolute atomic E-state index is 0.0232. The van der Waals surface area contributed by atoms with Gasteiger partial charge in [0.2, 0.25) is 5.91 Å². The molecule has 148 valence electrons. The number of ether oxygens (including phenoxy) is 2. The predicted octanol–water partition coefficient (Wildman–Crippen LogP) is 4.74. The van der Waals surface area contributed by atoms with E-state index in [1.807, 2.05) is 67.6 Å². The van der Waals surface area contributed by atoms with Crippen LogP contribution in [-0.2, 0) is 10.2 Å². The van der Waals surface area contributed by atoms with Crippen molar-refractivity contribution in [2.75, 3.05) is 19.5 Å². The number of pyridine rings is 1. The maximum absolute atomic E-state index is 13.1. The Kier molecular flexibility index (Phi) is 4.97. The highest BCUT2D eigenvalue weighted by Crippen LogP contribution is 2.49. The molecule has 1 amide bonds. The number of rotatable bonds is 6. The van der Waals surface area contributed by atoms with Gasteiger partial charge in [-0.2, -0.15) is 0 Å². The molecule has 0 unspecified atom stereocenters. The number of nitrogens with one attached hydrogen (secondary N) is 1. The first-order valence-corrected chi connectivity index (χ1v) is 9.64. The summed E-state index contributed by atoms with van der Waals surface area (Å²) in [5.74, 6) is 2.06. The fourth-order valence-corrected chi connectivity index (χ4v) is 3.63. The molecule has 1 fully saturated rings. The number of benzene rings is 2. The van der Waals surface area contributed by atoms with Gasteiger partial charge >= 0.3 is 0 Å². The largest absolute Gasteiger partial charge is 0.497 e. The average Bonchev–Trinajstić information content (AvgIpc) is 3.57. The average molecular weight is 388 g/mol. The maximum Gasteiger partial charge on any atom is 0.236 e. The van der Waals surface area contributed by atoms with Crippen LogP contribution in [0.3, 0.4) is 0 Å². The topological polar surface area (TPSA) is 60.5 Å². The van der Waals surface area contributed by atoms with Crippen LogP contribution in [0, 0.1) is 6.92 Å². The lowest BCUT2D eigenvalue weighted by molar-refractivity contribution is -0.118. The van der Waals surface area contributed by atoms with Gasteiger partial charge in [-0.3, -0.25) is 4.79 Å². The summed E-state index contributed by atoms with van der Waals surface area (Å²) in [6, 6.07) is 19.3. The SMILES string of the molecule is COc1ccc(C2(C(=O)Nc3ccc(C)c(-c4ccccc4OC)n3)CC2)cc1. The number of carbonyl (C=O) groups is 1. The smallest absolute Gasteiger partial charge is 0.236 e. The van der Waals surface area contributed by atoms with Crippen molar-refractivity contribution < 1.29 is 14.3 Å². The predicted molar refractivity (Wildman–Crippen MR) is 113 cm³/mol. The van der Waals surface area contributed by atoms with E-state index in [1.54, 1.807) is 14.2 Å². The number of hydrogen-bond acceptors (Lipinski definition) is 4. The van der Waals surface area contributed by atoms with E-state index in [4.69, 9.17) is 14.5 Å². The molecule has 3 aromatic rings. The normalized spacial score (nSPS) is 14.2. The Morgan fingerprint density at radius 2 is 1.69 bits per heavy atom. The van der Waals surface area contributed by atoms with Crippen LogP contribution in [0.25, 0.3) is 11.3 Å². The molecule has 0 aliphatic heterocycles. The molecule has 1 aliphatic rings. The van der Waals surface area contributed by atoms with Gasteiger partial charge < -0.3 is 14.8 Å². The van der Waals surface area contributed by atoms with Crippen molar-refractivity contribution in [3.8, 4) is 22.8 Å². The number of aryl methyl sites for hydroxylation is 1. The molecule has 5 nitrogen and oxygen atoms in total. The van der Waals surface area contributed by atoms with Crippen molar-refractivity contribution in [1.82, 2.24) is 4.98 Å². The lowest BCUT2D eigenvalue weighted by Gasteiger charge is -2.17. The van der Waals surface area contributed by atoms with Gasteiger partial charge in [0.1, 0.15) is 17.3 Å². The number of amides is 1. The highest BCUT2D eigenvalue weighted by molar-refractivity contribution is 6.01. The molecule has 5 heteroatoms. The quantitative estimate of drug-likeness (QED) is 0.662. The van der Waals surface area contributed by atoms with Gasteiger partial charge in [0.25, 0.3) is 0 Å². The summed E-state index contributed by atoms with van der Waals surface area (Å²) in [7, 11) is 3.28. The summed E-state index contributed by atoms with van der Waals surface area (Å²) in [6.45, 7) is 2.00. The number of aromatic nitrogens is 1. The molecule has 1 N–H and O–H groups in total. The van der Waals surface area contributed by atoms with E-state index >= 15 is 0 Å². The zero-order valence-electron chi connectivity index (χ0n) is 16.9. The number of methoxy groups -OCH3 is 2. The summed E-state index contributed by atoms with van der Waals surface area (Å²) in [6.07, 6.45) is 1.66. The van der Waals surface area contributed by atoms with Crippen LogP contribution in [0.15, 0.2) is 60.7 Å². The molecule has 1 aromatic heterocycles. The second-order valence-electron chi connectivity index (χ2n) is 7.33. The van der Waals surface area contributed by atoms with Gasteiger partial charge in [-0.05, 0) is 61.2 Å². The Morgan fingerprint density at radius 1 is 0.966 bits per heavy atom. The molecule has 29 heavy (non-hydrogen) atoms. The third-order valence-corrected chi connectivity index (χ3v) is 5.53. The molecule has 0 saturated heterocycles. The fourth-order valence-electron chi connectivity index (χ4n) is 3.63. The van der Waals surface area contributed by atoms with Gasteiger partial charge in [0.05, 0.1) is 25.3 Å². The van der Waals surface area contributed by atoms with Crippen LogP contribution in [-0.4, -0.2) is 25.1 Å². The highest BCUT2D eigenvalue weighted by atomic mass is 16.5. The number of nitrogens with zero attached hydrogens (tertiary/aromatic N) is 1. The number of para-hydroxylation sites is 1. The van der Waals surface area contributed by atoms with Crippen LogP contribution < -0.4 is 14.8 Å². The molecule has 1 saturated carbocycles. The van der Waals surface area contributed by atoms with Crippen molar-refractivity contribution in [2.24, 2.45) is 0 Å². The van der Waals surface area contributed by atoms with E-state index in [1.165, 1.54) is 0 Å². The molecular formula is C24H24N2O3. The Morgan fingerprint density at radius 3 is 2.34 bits per heavy atom. The second-order valence-corrected chi connectivity index (χ2v) is 7.33. The van der Waals surface area contributed by atoms with E-state index < -0.39 is 5.41 Å². The van der Waals surface area contributed by atoms with E-state index in [-0.39, 0.29) is 5.91 Å². The van der Waals surface area contributed by atoms with E-state index in [0.29, 0.717) is 5.82 Å². The van der Waals surface area contributed by atoms with Crippen LogP contribution in [0.4, 0.5) is 5.82 Å². The van der Waals surface area contributed by atoms with Gasteiger partial charge in [0, 0.05) is 5.56 Å². The molecule has 0 atom stereocenters. The number of anilines is 1. The van der Waals surface area contributed by atoms with Crippen LogP contribution in [0.5, 0.6) is 11.5 Å². The molecular weight excluding hydrogens is 364 g/mol. The summed E-state index contributed by atoms with van der Waals surface area (Å²) in [5.41, 5.74) is 3.25. The van der Waals surface area contributed by atoms with E-state index in [0.717, 1.165) is 46.7 Å². The summed E-state index contributed by atoms with van der Waals surface area (Å²) in [4.78, 5) is 17.8. The molecule has 1 heterocycles. The Hall–Kier alpha value is -3.34. The zero-order chi connectivity index (χ0) is 20.4. The lowest BCUT2D eigenvalue weighted by Crippen LogP contribution is -2.28. The van der Waals surface area contributed by atoms with Gasteiger partial charge in [-0.1, -0.05) is 30.3 Å². The van der Waals surface area contributed by atoms with Crippen molar-refractivity contribution in [3.63, 3.8) is 0 Å². The standard InChI is InChI=1S/C24H24N2O3/c1-16-8-13-21(25-22(16)19-6-4-5-7-20(19)29-3)26-23(27)24(14-15-24)17-9-11-18(28-2)12-10-17/h4-13H,14-15H2,1-3H3,(H,25,26,27). The Labute approximate surface area is 170 Å². The molecule has 4 rings (SSSR count). The van der Waals surface area contributed by atoms with Crippen LogP contribution >= 0.6 is 0 Å². The number of hydrogen-bond donors (Lipinski definition) is 1. The summed E-state index contributed by atoms with van der Waals surface area (Å²) in [5, 5.41) is 3.02. The van der Waals surface area contributed by atoms with Crippen molar-refractivity contribution in [2.45, 2.75) is 25.2 Å². The third-order valence-electron chi connectivity index (χ3n) is 5.53. The third kappa shape index (κ3) is 3.56. The summed E-state index contributed by atoms with van der Waals surface area (Å²) >= 11 is 0. The minimum atomic E-state index is -0.483. The van der Waals surface area contributed by atoms with Gasteiger partial charge in [-0.15, -0.1) is 0 Å². The number of carbonyl (C=O) groups excluding carboxylic acids is 1. The molecule has 0 radical (unpaired) electrons. The molecule has 0 spiro atoms. The van der Waals surface area contributed by atoms with Crippen molar-refractivity contribution in [1.29, 1.82) is 0 Å². The van der Waals surface area contributed by atoms with Crippen molar-refractivity contribution >= 4 is 11.7 Å². The van der Waals surface area contributed by atoms with Gasteiger partial charge in [-0.25, -0.2) is 4.98 Å². The van der Waals surface area contributed by atoms with Gasteiger partial charge in [0.15, 0.2) is 0 Å². The summed E-state index contributed by atoms with van der Waals surface area (Å²) < 4.78 is 10.7. The maximum atomic E-state index is 13.1. The van der Waals surface area contributed by atoms with Crippen molar-refractivity contribution in [3.05, 3.63) is 71.8 Å². The van der Waals surface area contributed by atoms with E-state index in [9.17, 15) is 4.79 Å². The zero-order valence-corrected chi connectivity index (χ0v) is 16.9. The Balaban J connectivity index is 1.60.